The predicted molar refractivity (Wildman–Crippen MR) is 73.2 cm³/mol. The lowest BCUT2D eigenvalue weighted by Crippen LogP contribution is -2.31. The van der Waals surface area contributed by atoms with Gasteiger partial charge in [0.25, 0.3) is 0 Å². The highest BCUT2D eigenvalue weighted by atomic mass is 79.9. The maximum absolute atomic E-state index is 13.3. The van der Waals surface area contributed by atoms with Gasteiger partial charge in [0.1, 0.15) is 11.9 Å². The second-order valence-corrected chi connectivity index (χ2v) is 4.79. The Labute approximate surface area is 115 Å². The topological polar surface area (TPSA) is 38.3 Å². The van der Waals surface area contributed by atoms with Gasteiger partial charge in [-0.2, -0.15) is 0 Å². The third-order valence-electron chi connectivity index (χ3n) is 2.58. The molecule has 0 spiro atoms. The monoisotopic (exact) mass is 317 g/mol. The minimum Gasteiger partial charge on any atom is -0.464 e. The van der Waals surface area contributed by atoms with Crippen LogP contribution in [-0.4, -0.2) is 18.6 Å². The van der Waals surface area contributed by atoms with Gasteiger partial charge in [-0.15, -0.1) is 0 Å². The van der Waals surface area contributed by atoms with Crippen molar-refractivity contribution >= 4 is 27.6 Å². The maximum atomic E-state index is 13.3. The van der Waals surface area contributed by atoms with E-state index in [1.54, 1.807) is 19.9 Å². The quantitative estimate of drug-likeness (QED) is 0.842. The van der Waals surface area contributed by atoms with Crippen LogP contribution < -0.4 is 5.32 Å². The number of nitrogens with one attached hydrogen (secondary N) is 1. The molecule has 1 atom stereocenters. The van der Waals surface area contributed by atoms with Crippen LogP contribution in [0.4, 0.5) is 10.1 Å². The lowest BCUT2D eigenvalue weighted by Gasteiger charge is -2.18. The normalized spacial score (nSPS) is 12.1. The van der Waals surface area contributed by atoms with Crippen molar-refractivity contribution in [3.8, 4) is 0 Å². The molecule has 1 N–H and O–H groups in total. The first-order chi connectivity index (χ1) is 8.49. The summed E-state index contributed by atoms with van der Waals surface area (Å²) >= 11 is 3.13. The highest BCUT2D eigenvalue weighted by Crippen LogP contribution is 2.25. The summed E-state index contributed by atoms with van der Waals surface area (Å²) in [5, 5.41) is 3.08. The summed E-state index contributed by atoms with van der Waals surface area (Å²) in [6.45, 7) is 5.80. The number of carbonyl (C=O) groups excluding carboxylic acids is 1. The zero-order valence-corrected chi connectivity index (χ0v) is 12.3. The molecule has 5 heteroatoms. The number of hydrogen-bond acceptors (Lipinski definition) is 3. The molecule has 0 aliphatic carbocycles. The average molecular weight is 318 g/mol. The second kappa shape index (κ2) is 6.73. The highest BCUT2D eigenvalue weighted by molar-refractivity contribution is 9.10. The molecule has 0 saturated carbocycles. The third-order valence-corrected chi connectivity index (χ3v) is 3.18. The Hall–Kier alpha value is -1.10. The van der Waals surface area contributed by atoms with Crippen molar-refractivity contribution in [3.05, 3.63) is 28.0 Å². The van der Waals surface area contributed by atoms with E-state index in [2.05, 4.69) is 21.2 Å². The van der Waals surface area contributed by atoms with Gasteiger partial charge >= 0.3 is 5.97 Å². The van der Waals surface area contributed by atoms with Gasteiger partial charge in [-0.1, -0.05) is 6.92 Å². The first kappa shape index (κ1) is 15.0. The van der Waals surface area contributed by atoms with Crippen molar-refractivity contribution in [2.45, 2.75) is 33.2 Å². The van der Waals surface area contributed by atoms with Crippen LogP contribution in [0.25, 0.3) is 0 Å². The zero-order chi connectivity index (χ0) is 13.7. The van der Waals surface area contributed by atoms with Crippen LogP contribution in [-0.2, 0) is 9.53 Å². The lowest BCUT2D eigenvalue weighted by atomic mass is 10.1. The van der Waals surface area contributed by atoms with Crippen LogP contribution in [0.2, 0.25) is 0 Å². The van der Waals surface area contributed by atoms with Crippen molar-refractivity contribution in [1.82, 2.24) is 0 Å². The number of carbonyl (C=O) groups is 1. The number of hydrogen-bond donors (Lipinski definition) is 1. The molecule has 0 heterocycles. The van der Waals surface area contributed by atoms with E-state index in [1.165, 1.54) is 6.07 Å². The number of ether oxygens (including phenoxy) is 1. The molecular weight excluding hydrogens is 301 g/mol. The number of esters is 1. The Bertz CT molecular complexity index is 437. The Morgan fingerprint density at radius 3 is 2.72 bits per heavy atom. The van der Waals surface area contributed by atoms with Crippen molar-refractivity contribution in [1.29, 1.82) is 0 Å². The molecule has 1 aromatic carbocycles. The fourth-order valence-corrected chi connectivity index (χ4v) is 1.90. The van der Waals surface area contributed by atoms with E-state index in [4.69, 9.17) is 4.74 Å². The molecule has 3 nitrogen and oxygen atoms in total. The molecule has 1 unspecified atom stereocenters. The molecule has 0 radical (unpaired) electrons. The van der Waals surface area contributed by atoms with E-state index in [0.717, 1.165) is 11.3 Å². The van der Waals surface area contributed by atoms with Gasteiger partial charge in [0.05, 0.1) is 11.1 Å². The van der Waals surface area contributed by atoms with E-state index in [9.17, 15) is 9.18 Å². The molecule has 0 aliphatic heterocycles. The number of aryl methyl sites for hydroxylation is 1. The van der Waals surface area contributed by atoms with E-state index in [1.807, 2.05) is 6.92 Å². The van der Waals surface area contributed by atoms with Gasteiger partial charge in [0, 0.05) is 5.69 Å². The van der Waals surface area contributed by atoms with Gasteiger partial charge in [-0.3, -0.25) is 0 Å². The van der Waals surface area contributed by atoms with Crippen LogP contribution in [0.1, 0.15) is 25.8 Å². The zero-order valence-electron chi connectivity index (χ0n) is 10.7. The minimum atomic E-state index is -0.416. The molecule has 0 aliphatic rings. The molecule has 1 aromatic rings. The first-order valence-corrected chi connectivity index (χ1v) is 6.67. The largest absolute Gasteiger partial charge is 0.464 e. The Kier molecular flexibility index (Phi) is 5.59. The van der Waals surface area contributed by atoms with Crippen LogP contribution in [0, 0.1) is 12.7 Å². The summed E-state index contributed by atoms with van der Waals surface area (Å²) < 4.78 is 18.6. The Morgan fingerprint density at radius 1 is 1.50 bits per heavy atom. The van der Waals surface area contributed by atoms with E-state index in [-0.39, 0.29) is 11.8 Å². The Morgan fingerprint density at radius 2 is 2.17 bits per heavy atom. The van der Waals surface area contributed by atoms with Gasteiger partial charge < -0.3 is 10.1 Å². The first-order valence-electron chi connectivity index (χ1n) is 5.88. The minimum absolute atomic E-state index is 0.292. The number of benzene rings is 1. The number of anilines is 1. The number of halogens is 2. The van der Waals surface area contributed by atoms with Gasteiger partial charge in [0.2, 0.25) is 0 Å². The van der Waals surface area contributed by atoms with Crippen molar-refractivity contribution < 1.29 is 13.9 Å². The van der Waals surface area contributed by atoms with E-state index in [0.29, 0.717) is 17.5 Å². The molecule has 18 heavy (non-hydrogen) atoms. The van der Waals surface area contributed by atoms with Crippen LogP contribution >= 0.6 is 15.9 Å². The molecule has 0 saturated heterocycles. The average Bonchev–Trinajstić information content (AvgIpc) is 2.32. The second-order valence-electron chi connectivity index (χ2n) is 3.94. The SMILES string of the molecule is CCOC(=O)C(CC)Nc1cc(Br)c(F)cc1C. The van der Waals surface area contributed by atoms with Crippen LogP contribution in [0.3, 0.4) is 0 Å². The Balaban J connectivity index is 2.88. The van der Waals surface area contributed by atoms with Crippen LogP contribution in [0.15, 0.2) is 16.6 Å². The van der Waals surface area contributed by atoms with Gasteiger partial charge in [0.15, 0.2) is 0 Å². The van der Waals surface area contributed by atoms with Crippen molar-refractivity contribution in [3.63, 3.8) is 0 Å². The molecular formula is C13H17BrFNO2. The lowest BCUT2D eigenvalue weighted by molar-refractivity contribution is -0.144. The molecule has 0 fully saturated rings. The number of rotatable bonds is 5. The summed E-state index contributed by atoms with van der Waals surface area (Å²) in [6.07, 6.45) is 0.604. The summed E-state index contributed by atoms with van der Waals surface area (Å²) in [4.78, 5) is 11.7. The van der Waals surface area contributed by atoms with E-state index < -0.39 is 6.04 Å². The third kappa shape index (κ3) is 3.70. The molecule has 1 rings (SSSR count). The molecule has 0 aromatic heterocycles. The summed E-state index contributed by atoms with van der Waals surface area (Å²) in [5.74, 6) is -0.609. The van der Waals surface area contributed by atoms with Crippen molar-refractivity contribution in [2.24, 2.45) is 0 Å². The van der Waals surface area contributed by atoms with Gasteiger partial charge in [-0.25, -0.2) is 9.18 Å². The summed E-state index contributed by atoms with van der Waals surface area (Å²) in [5.41, 5.74) is 1.47. The highest BCUT2D eigenvalue weighted by Gasteiger charge is 2.18. The molecule has 0 bridgehead atoms. The van der Waals surface area contributed by atoms with E-state index >= 15 is 0 Å². The smallest absolute Gasteiger partial charge is 0.328 e. The fraction of sp³-hybridized carbons (Fsp3) is 0.462. The summed E-state index contributed by atoms with van der Waals surface area (Å²) in [6, 6.07) is 2.64. The van der Waals surface area contributed by atoms with Gasteiger partial charge in [-0.05, 0) is 53.9 Å². The van der Waals surface area contributed by atoms with Crippen molar-refractivity contribution in [2.75, 3.05) is 11.9 Å². The van der Waals surface area contributed by atoms with Crippen LogP contribution in [0.5, 0.6) is 0 Å². The fourth-order valence-electron chi connectivity index (χ4n) is 1.56. The molecule has 100 valence electrons. The summed E-state index contributed by atoms with van der Waals surface area (Å²) in [7, 11) is 0. The molecule has 0 amide bonds. The maximum Gasteiger partial charge on any atom is 0.328 e. The standard InChI is InChI=1S/C13H17BrFNO2/c1-4-11(13(17)18-5-2)16-12-7-9(14)10(15)6-8(12)3/h6-7,11,16H,4-5H2,1-3H3. The predicted octanol–water partition coefficient (Wildman–Crippen LogP) is 3.65.